The second kappa shape index (κ2) is 6.58. The molecule has 0 saturated carbocycles. The summed E-state index contributed by atoms with van der Waals surface area (Å²) in [6.45, 7) is 7.10. The zero-order chi connectivity index (χ0) is 15.5. The highest BCUT2D eigenvalue weighted by Gasteiger charge is 2.29. The summed E-state index contributed by atoms with van der Waals surface area (Å²) >= 11 is 1.69. The van der Waals surface area contributed by atoms with E-state index in [1.807, 2.05) is 30.0 Å². The highest BCUT2D eigenvalue weighted by atomic mass is 32.1. The van der Waals surface area contributed by atoms with E-state index < -0.39 is 0 Å². The van der Waals surface area contributed by atoms with Crippen LogP contribution in [0.2, 0.25) is 0 Å². The maximum absolute atomic E-state index is 11.9. The van der Waals surface area contributed by atoms with E-state index in [1.165, 1.54) is 5.56 Å². The van der Waals surface area contributed by atoms with E-state index in [0.717, 1.165) is 36.9 Å². The minimum absolute atomic E-state index is 0.132. The van der Waals surface area contributed by atoms with E-state index in [9.17, 15) is 4.79 Å². The van der Waals surface area contributed by atoms with Crippen LogP contribution in [0.4, 0.5) is 0 Å². The van der Waals surface area contributed by atoms with Crippen molar-refractivity contribution < 1.29 is 4.79 Å². The molecule has 3 rings (SSSR count). The first-order chi connectivity index (χ1) is 10.6. The largest absolute Gasteiger partial charge is 0.333 e. The number of carbonyl (C=O) groups is 1. The van der Waals surface area contributed by atoms with Gasteiger partial charge in [-0.15, -0.1) is 11.3 Å². The Kier molecular flexibility index (Phi) is 4.55. The molecule has 1 unspecified atom stereocenters. The van der Waals surface area contributed by atoms with Crippen molar-refractivity contribution in [3.8, 4) is 0 Å². The lowest BCUT2D eigenvalue weighted by Crippen LogP contribution is -2.49. The zero-order valence-electron chi connectivity index (χ0n) is 13.0. The topological polar surface area (TPSA) is 36.4 Å². The number of rotatable bonds is 3. The third-order valence-corrected chi connectivity index (χ3v) is 4.93. The number of hydrogen-bond donors (Lipinski definition) is 0. The number of amides is 1. The Morgan fingerprint density at radius 2 is 2.09 bits per heavy atom. The second-order valence-corrected chi connectivity index (χ2v) is 6.79. The number of thiazole rings is 1. The van der Waals surface area contributed by atoms with Gasteiger partial charge in [0, 0.05) is 38.5 Å². The third kappa shape index (κ3) is 3.36. The van der Waals surface area contributed by atoms with Crippen LogP contribution in [-0.4, -0.2) is 40.3 Å². The fraction of sp³-hybridized carbons (Fsp3) is 0.412. The van der Waals surface area contributed by atoms with E-state index in [0.29, 0.717) is 0 Å². The highest BCUT2D eigenvalue weighted by molar-refractivity contribution is 7.09. The Balaban J connectivity index is 1.76. The molecule has 1 aromatic carbocycles. The first kappa shape index (κ1) is 15.2. The molecule has 1 atom stereocenters. The van der Waals surface area contributed by atoms with Gasteiger partial charge in [0.05, 0.1) is 16.7 Å². The van der Waals surface area contributed by atoms with Crippen molar-refractivity contribution in [3.05, 3.63) is 52.0 Å². The third-order valence-electron chi connectivity index (χ3n) is 4.11. The van der Waals surface area contributed by atoms with Crippen LogP contribution in [0.15, 0.2) is 35.7 Å². The van der Waals surface area contributed by atoms with Gasteiger partial charge in [-0.3, -0.25) is 9.69 Å². The summed E-state index contributed by atoms with van der Waals surface area (Å²) in [7, 11) is 0. The molecule has 0 N–H and O–H groups in total. The van der Waals surface area contributed by atoms with Crippen molar-refractivity contribution in [2.75, 3.05) is 19.6 Å². The first-order valence-electron chi connectivity index (χ1n) is 7.59. The van der Waals surface area contributed by atoms with Gasteiger partial charge in [-0.1, -0.05) is 30.3 Å². The van der Waals surface area contributed by atoms with E-state index in [-0.39, 0.29) is 11.9 Å². The molecule has 1 saturated heterocycles. The summed E-state index contributed by atoms with van der Waals surface area (Å²) in [4.78, 5) is 20.9. The molecule has 1 aliphatic heterocycles. The summed E-state index contributed by atoms with van der Waals surface area (Å²) in [6.07, 6.45) is 0. The van der Waals surface area contributed by atoms with Gasteiger partial charge in [-0.05, 0) is 12.5 Å². The average molecular weight is 315 g/mol. The molecule has 116 valence electrons. The number of aromatic nitrogens is 1. The lowest BCUT2D eigenvalue weighted by molar-refractivity contribution is -0.134. The van der Waals surface area contributed by atoms with Crippen LogP contribution in [0.3, 0.4) is 0 Å². The molecule has 1 aliphatic rings. The average Bonchev–Trinajstić information content (AvgIpc) is 2.93. The molecule has 5 heteroatoms. The fourth-order valence-corrected chi connectivity index (χ4v) is 3.63. The number of benzene rings is 1. The predicted molar refractivity (Wildman–Crippen MR) is 88.7 cm³/mol. The fourth-order valence-electron chi connectivity index (χ4n) is 3.03. The van der Waals surface area contributed by atoms with Crippen LogP contribution < -0.4 is 0 Å². The van der Waals surface area contributed by atoms with Gasteiger partial charge in [0.15, 0.2) is 0 Å². The van der Waals surface area contributed by atoms with Crippen LogP contribution in [-0.2, 0) is 11.3 Å². The number of piperazine rings is 1. The van der Waals surface area contributed by atoms with Crippen LogP contribution in [0.25, 0.3) is 0 Å². The molecule has 0 bridgehead atoms. The standard InChI is InChI=1S/C17H21N3OS/c1-13-18-16(12-22-13)10-19-8-9-20(14(2)21)17(11-19)15-6-4-3-5-7-15/h3-7,12,17H,8-11H2,1-2H3. The Labute approximate surface area is 135 Å². The molecule has 2 heterocycles. The zero-order valence-corrected chi connectivity index (χ0v) is 13.8. The number of aryl methyl sites for hydroxylation is 1. The van der Waals surface area contributed by atoms with Gasteiger partial charge in [0.1, 0.15) is 0 Å². The lowest BCUT2D eigenvalue weighted by atomic mass is 10.0. The van der Waals surface area contributed by atoms with Crippen LogP contribution in [0, 0.1) is 6.92 Å². The molecule has 0 aliphatic carbocycles. The number of hydrogen-bond acceptors (Lipinski definition) is 4. The van der Waals surface area contributed by atoms with Gasteiger partial charge in [0.25, 0.3) is 0 Å². The molecule has 0 radical (unpaired) electrons. The maximum Gasteiger partial charge on any atom is 0.220 e. The summed E-state index contributed by atoms with van der Waals surface area (Å²) < 4.78 is 0. The molecule has 1 aromatic heterocycles. The normalized spacial score (nSPS) is 19.4. The Hall–Kier alpha value is -1.72. The van der Waals surface area contributed by atoms with Crippen LogP contribution >= 0.6 is 11.3 Å². The van der Waals surface area contributed by atoms with Crippen molar-refractivity contribution in [1.82, 2.24) is 14.8 Å². The number of nitrogens with zero attached hydrogens (tertiary/aromatic N) is 3. The lowest BCUT2D eigenvalue weighted by Gasteiger charge is -2.41. The second-order valence-electron chi connectivity index (χ2n) is 5.73. The molecule has 4 nitrogen and oxygen atoms in total. The van der Waals surface area contributed by atoms with Crippen LogP contribution in [0.5, 0.6) is 0 Å². The summed E-state index contributed by atoms with van der Waals surface area (Å²) in [5, 5.41) is 3.24. The molecule has 22 heavy (non-hydrogen) atoms. The van der Waals surface area contributed by atoms with Gasteiger partial charge < -0.3 is 4.90 Å². The number of carbonyl (C=O) groups excluding carboxylic acids is 1. The molecule has 2 aromatic rings. The van der Waals surface area contributed by atoms with E-state index in [2.05, 4.69) is 27.4 Å². The summed E-state index contributed by atoms with van der Waals surface area (Å²) in [6, 6.07) is 10.4. The minimum Gasteiger partial charge on any atom is -0.333 e. The van der Waals surface area contributed by atoms with E-state index in [4.69, 9.17) is 0 Å². The van der Waals surface area contributed by atoms with Crippen molar-refractivity contribution in [2.45, 2.75) is 26.4 Å². The molecule has 1 amide bonds. The molecular weight excluding hydrogens is 294 g/mol. The smallest absolute Gasteiger partial charge is 0.220 e. The quantitative estimate of drug-likeness (QED) is 0.874. The first-order valence-corrected chi connectivity index (χ1v) is 8.47. The predicted octanol–water partition coefficient (Wildman–Crippen LogP) is 2.86. The SMILES string of the molecule is CC(=O)N1CCN(Cc2csc(C)n2)CC1c1ccccc1. The maximum atomic E-state index is 11.9. The summed E-state index contributed by atoms with van der Waals surface area (Å²) in [5.41, 5.74) is 2.34. The monoisotopic (exact) mass is 315 g/mol. The molecule has 0 spiro atoms. The van der Waals surface area contributed by atoms with Gasteiger partial charge in [-0.2, -0.15) is 0 Å². The van der Waals surface area contributed by atoms with E-state index >= 15 is 0 Å². The van der Waals surface area contributed by atoms with Crippen LogP contribution in [0.1, 0.15) is 29.2 Å². The van der Waals surface area contributed by atoms with Gasteiger partial charge in [0.2, 0.25) is 5.91 Å². The Morgan fingerprint density at radius 1 is 1.32 bits per heavy atom. The van der Waals surface area contributed by atoms with E-state index in [1.54, 1.807) is 18.3 Å². The van der Waals surface area contributed by atoms with Crippen molar-refractivity contribution >= 4 is 17.2 Å². The molecule has 1 fully saturated rings. The highest BCUT2D eigenvalue weighted by Crippen LogP contribution is 2.26. The van der Waals surface area contributed by atoms with Gasteiger partial charge >= 0.3 is 0 Å². The minimum atomic E-state index is 0.132. The van der Waals surface area contributed by atoms with Crippen molar-refractivity contribution in [3.63, 3.8) is 0 Å². The Bertz CT molecular complexity index is 640. The van der Waals surface area contributed by atoms with Crippen molar-refractivity contribution in [1.29, 1.82) is 0 Å². The Morgan fingerprint density at radius 3 is 2.73 bits per heavy atom. The summed E-state index contributed by atoms with van der Waals surface area (Å²) in [5.74, 6) is 0.151. The van der Waals surface area contributed by atoms with Crippen molar-refractivity contribution in [2.24, 2.45) is 0 Å². The van der Waals surface area contributed by atoms with Gasteiger partial charge in [-0.25, -0.2) is 4.98 Å². The molecular formula is C17H21N3OS.